The van der Waals surface area contributed by atoms with Crippen LogP contribution in [-0.4, -0.2) is 70.4 Å². The third-order valence-electron chi connectivity index (χ3n) is 3.67. The van der Waals surface area contributed by atoms with Gasteiger partial charge in [-0.2, -0.15) is 0 Å². The predicted octanol–water partition coefficient (Wildman–Crippen LogP) is -2.35. The molecule has 11 heteroatoms. The highest BCUT2D eigenvalue weighted by Crippen LogP contribution is 2.00. The topological polar surface area (TPSA) is 178 Å². The minimum absolute atomic E-state index is 0.0208. The molecule has 27 heavy (non-hydrogen) atoms. The van der Waals surface area contributed by atoms with Crippen LogP contribution in [0.1, 0.15) is 51.4 Å². The van der Waals surface area contributed by atoms with Crippen molar-refractivity contribution >= 4 is 23.7 Å². The van der Waals surface area contributed by atoms with Crippen molar-refractivity contribution < 1.29 is 40.4 Å². The first kappa shape index (κ1) is 24.8. The first-order valence-corrected chi connectivity index (χ1v) is 9.02. The maximum Gasteiger partial charge on any atom is 0.246 e. The zero-order chi connectivity index (χ0) is 20.7. The van der Waals surface area contributed by atoms with E-state index in [1.165, 1.54) is 0 Å². The van der Waals surface area contributed by atoms with Crippen LogP contribution in [0.15, 0.2) is 0 Å². The molecule has 0 saturated heterocycles. The van der Waals surface area contributed by atoms with Gasteiger partial charge in [-0.25, -0.2) is 10.1 Å². The molecule has 11 nitrogen and oxygen atoms in total. The third kappa shape index (κ3) is 13.6. The molecule has 0 unspecified atom stereocenters. The maximum absolute atomic E-state index is 11.6. The van der Waals surface area contributed by atoms with Gasteiger partial charge < -0.3 is 21.0 Å². The molecule has 0 aliphatic rings. The van der Waals surface area contributed by atoms with E-state index in [0.29, 0.717) is 35.9 Å². The number of rotatable bonds is 15. The summed E-state index contributed by atoms with van der Waals surface area (Å²) in [6.07, 6.45) is 1.43. The lowest BCUT2D eigenvalue weighted by Crippen LogP contribution is -2.50. The van der Waals surface area contributed by atoms with E-state index in [1.807, 2.05) is 0 Å². The van der Waals surface area contributed by atoms with E-state index < -0.39 is 24.2 Å². The number of carboxylic acid groups (broad SMARTS) is 1. The molecular formula is C16H30N4O7. The molecule has 0 heterocycles. The Labute approximate surface area is 158 Å². The fraction of sp³-hybridized carbons (Fsp3) is 0.750. The number of aliphatic carboxylic acids is 1. The van der Waals surface area contributed by atoms with Gasteiger partial charge in [0, 0.05) is 44.9 Å². The van der Waals surface area contributed by atoms with Crippen LogP contribution in [-0.2, 0) is 19.2 Å². The van der Waals surface area contributed by atoms with Crippen molar-refractivity contribution in [1.29, 1.82) is 0 Å². The van der Waals surface area contributed by atoms with Crippen LogP contribution in [0.2, 0.25) is 0 Å². The second-order valence-electron chi connectivity index (χ2n) is 6.02. The number of carbonyl (C=O) groups is 4. The molecule has 156 valence electrons. The number of nitrogens with zero attached hydrogens (tertiary/aromatic N) is 2. The van der Waals surface area contributed by atoms with E-state index in [1.54, 1.807) is 0 Å². The van der Waals surface area contributed by atoms with Crippen LogP contribution in [0, 0.1) is 0 Å². The van der Waals surface area contributed by atoms with E-state index in [2.05, 4.69) is 11.1 Å². The summed E-state index contributed by atoms with van der Waals surface area (Å²) in [6, 6.07) is 0. The van der Waals surface area contributed by atoms with E-state index in [0.717, 1.165) is 13.0 Å². The molecule has 6 N–H and O–H groups in total. The second kappa shape index (κ2) is 14.9. The SMILES string of the molecule is [NH3+]CCCCN(O)C(=O)CCC(=O)NCCCCN(O)C(=O)CCC(=O)[O-]. The largest absolute Gasteiger partial charge is 0.550 e. The quantitative estimate of drug-likeness (QED) is 0.137. The van der Waals surface area contributed by atoms with E-state index in [9.17, 15) is 34.7 Å². The Morgan fingerprint density at radius 2 is 1.33 bits per heavy atom. The highest BCUT2D eigenvalue weighted by Gasteiger charge is 2.13. The van der Waals surface area contributed by atoms with Crippen molar-refractivity contribution in [2.24, 2.45) is 0 Å². The highest BCUT2D eigenvalue weighted by molar-refractivity contribution is 5.83. The summed E-state index contributed by atoms with van der Waals surface area (Å²) >= 11 is 0. The number of carboxylic acids is 1. The van der Waals surface area contributed by atoms with Gasteiger partial charge in [0.15, 0.2) is 0 Å². The van der Waals surface area contributed by atoms with Gasteiger partial charge in [0.1, 0.15) is 0 Å². The number of quaternary nitrogens is 1. The summed E-state index contributed by atoms with van der Waals surface area (Å²) in [5, 5.41) is 32.8. The second-order valence-corrected chi connectivity index (χ2v) is 6.02. The minimum atomic E-state index is -1.36. The lowest BCUT2D eigenvalue weighted by Gasteiger charge is -2.15. The van der Waals surface area contributed by atoms with Crippen molar-refractivity contribution in [2.45, 2.75) is 51.4 Å². The minimum Gasteiger partial charge on any atom is -0.550 e. The van der Waals surface area contributed by atoms with Gasteiger partial charge in [-0.15, -0.1) is 0 Å². The van der Waals surface area contributed by atoms with Crippen LogP contribution < -0.4 is 16.2 Å². The molecule has 0 aromatic rings. The zero-order valence-corrected chi connectivity index (χ0v) is 15.5. The number of carbonyl (C=O) groups excluding carboxylic acids is 4. The van der Waals surface area contributed by atoms with Gasteiger partial charge >= 0.3 is 0 Å². The number of amides is 3. The lowest BCUT2D eigenvalue weighted by atomic mass is 10.2. The molecule has 0 atom stereocenters. The fourth-order valence-electron chi connectivity index (χ4n) is 2.08. The van der Waals surface area contributed by atoms with Crippen LogP contribution in [0.25, 0.3) is 0 Å². The Bertz CT molecular complexity index is 487. The average molecular weight is 390 g/mol. The molecular weight excluding hydrogens is 360 g/mol. The summed E-state index contributed by atoms with van der Waals surface area (Å²) < 4.78 is 0. The van der Waals surface area contributed by atoms with E-state index in [4.69, 9.17) is 0 Å². The maximum atomic E-state index is 11.6. The lowest BCUT2D eigenvalue weighted by molar-refractivity contribution is -0.368. The van der Waals surface area contributed by atoms with Gasteiger partial charge in [0.05, 0.1) is 6.54 Å². The number of hydrogen-bond acceptors (Lipinski definition) is 7. The molecule has 0 aromatic heterocycles. The highest BCUT2D eigenvalue weighted by atomic mass is 16.5. The monoisotopic (exact) mass is 390 g/mol. The summed E-state index contributed by atoms with van der Waals surface area (Å²) in [6.45, 7) is 1.27. The molecule has 3 amide bonds. The van der Waals surface area contributed by atoms with Crippen molar-refractivity contribution in [3.63, 3.8) is 0 Å². The van der Waals surface area contributed by atoms with Gasteiger partial charge in [0.2, 0.25) is 17.7 Å². The number of hydrogen-bond donors (Lipinski definition) is 4. The molecule has 0 aliphatic heterocycles. The Hall–Kier alpha value is -2.24. The van der Waals surface area contributed by atoms with Gasteiger partial charge in [-0.1, -0.05) is 0 Å². The zero-order valence-electron chi connectivity index (χ0n) is 15.5. The van der Waals surface area contributed by atoms with Crippen LogP contribution in [0.5, 0.6) is 0 Å². The summed E-state index contributed by atoms with van der Waals surface area (Å²) in [7, 11) is 0. The predicted molar refractivity (Wildman–Crippen MR) is 89.7 cm³/mol. The Kier molecular flexibility index (Phi) is 13.6. The smallest absolute Gasteiger partial charge is 0.246 e. The third-order valence-corrected chi connectivity index (χ3v) is 3.67. The Balaban J connectivity index is 3.75. The van der Waals surface area contributed by atoms with Crippen LogP contribution in [0.3, 0.4) is 0 Å². The van der Waals surface area contributed by atoms with E-state index in [-0.39, 0.29) is 38.3 Å². The first-order chi connectivity index (χ1) is 12.8. The van der Waals surface area contributed by atoms with E-state index >= 15 is 0 Å². The normalized spacial score (nSPS) is 10.3. The van der Waals surface area contributed by atoms with Gasteiger partial charge in [-0.05, 0) is 32.1 Å². The van der Waals surface area contributed by atoms with Crippen LogP contribution >= 0.6 is 0 Å². The van der Waals surface area contributed by atoms with Crippen molar-refractivity contribution in [1.82, 2.24) is 15.4 Å². The number of hydroxylamine groups is 4. The molecule has 0 aromatic carbocycles. The molecule has 0 spiro atoms. The van der Waals surface area contributed by atoms with Crippen molar-refractivity contribution in [2.75, 3.05) is 26.2 Å². The molecule has 0 rings (SSSR count). The summed E-state index contributed by atoms with van der Waals surface area (Å²) in [5.74, 6) is -2.91. The Morgan fingerprint density at radius 1 is 0.815 bits per heavy atom. The molecule has 0 aliphatic carbocycles. The molecule has 0 radical (unpaired) electrons. The van der Waals surface area contributed by atoms with Crippen molar-refractivity contribution in [3.8, 4) is 0 Å². The molecule has 0 bridgehead atoms. The fourth-order valence-corrected chi connectivity index (χ4v) is 2.08. The summed E-state index contributed by atoms with van der Waals surface area (Å²) in [4.78, 5) is 44.9. The van der Waals surface area contributed by atoms with Gasteiger partial charge in [-0.3, -0.25) is 24.8 Å². The average Bonchev–Trinajstić information content (AvgIpc) is 2.63. The number of nitrogens with one attached hydrogen (secondary N) is 1. The summed E-state index contributed by atoms with van der Waals surface area (Å²) in [5.41, 5.74) is 3.67. The van der Waals surface area contributed by atoms with Crippen LogP contribution in [0.4, 0.5) is 0 Å². The molecule has 0 fully saturated rings. The number of unbranched alkanes of at least 4 members (excludes halogenated alkanes) is 2. The standard InChI is InChI=1S/C16H30N4O7/c17-9-1-3-11-19(26)14(22)6-5-13(21)18-10-2-4-12-20(27)15(23)7-8-16(24)25/h26-27H,1-12,17H2,(H,18,21)(H,24,25). The van der Waals surface area contributed by atoms with Gasteiger partial charge in [0.25, 0.3) is 0 Å². The Morgan fingerprint density at radius 3 is 1.85 bits per heavy atom. The van der Waals surface area contributed by atoms with Crippen molar-refractivity contribution in [3.05, 3.63) is 0 Å². The first-order valence-electron chi connectivity index (χ1n) is 9.02. The molecule has 0 saturated carbocycles.